The van der Waals surface area contributed by atoms with Crippen LogP contribution in [0.25, 0.3) is 11.1 Å². The summed E-state index contributed by atoms with van der Waals surface area (Å²) in [6.07, 6.45) is 2.75. The van der Waals surface area contributed by atoms with Crippen LogP contribution in [-0.4, -0.2) is 22.0 Å². The van der Waals surface area contributed by atoms with Crippen LogP contribution in [0.3, 0.4) is 0 Å². The highest BCUT2D eigenvalue weighted by Gasteiger charge is 2.26. The van der Waals surface area contributed by atoms with Crippen molar-refractivity contribution < 1.29 is 14.3 Å². The van der Waals surface area contributed by atoms with Gasteiger partial charge in [0.25, 0.3) is 0 Å². The van der Waals surface area contributed by atoms with E-state index in [9.17, 15) is 9.90 Å². The van der Waals surface area contributed by atoms with Crippen LogP contribution in [-0.2, 0) is 0 Å². The Labute approximate surface area is 111 Å². The summed E-state index contributed by atoms with van der Waals surface area (Å²) in [6, 6.07) is 5.43. The number of aliphatic hydroxyl groups is 1. The third-order valence-corrected chi connectivity index (χ3v) is 3.85. The molecule has 1 aliphatic rings. The fourth-order valence-corrected chi connectivity index (χ4v) is 2.77. The zero-order valence-corrected chi connectivity index (χ0v) is 10.9. The van der Waals surface area contributed by atoms with Crippen LogP contribution in [0.2, 0.25) is 0 Å². The van der Waals surface area contributed by atoms with Gasteiger partial charge in [0.2, 0.25) is 0 Å². The molecule has 1 saturated carbocycles. The Morgan fingerprint density at radius 1 is 1.32 bits per heavy atom. The van der Waals surface area contributed by atoms with Crippen molar-refractivity contribution in [2.45, 2.75) is 38.7 Å². The number of hydrogen-bond acceptors (Lipinski definition) is 4. The van der Waals surface area contributed by atoms with Crippen molar-refractivity contribution in [3.8, 4) is 0 Å². The van der Waals surface area contributed by atoms with E-state index in [1.807, 2.05) is 12.1 Å². The Morgan fingerprint density at radius 3 is 2.79 bits per heavy atom. The molecule has 3 rings (SSSR count). The minimum atomic E-state index is -0.233. The first-order valence-corrected chi connectivity index (χ1v) is 6.73. The number of ketones is 1. The maximum Gasteiger partial charge on any atom is 0.192 e. The van der Waals surface area contributed by atoms with Crippen molar-refractivity contribution in [1.29, 1.82) is 0 Å². The highest BCUT2D eigenvalue weighted by molar-refractivity contribution is 6.00. The fraction of sp³-hybridized carbons (Fsp3) is 0.467. The van der Waals surface area contributed by atoms with Gasteiger partial charge in [-0.1, -0.05) is 0 Å². The minimum Gasteiger partial charge on any atom is -0.441 e. The SMILES string of the molecule is Cc1nc2ccc(C(=O)C3CCC(O)CC3)cc2o1. The Balaban J connectivity index is 1.84. The molecule has 100 valence electrons. The van der Waals surface area contributed by atoms with Gasteiger partial charge in [0, 0.05) is 18.4 Å². The molecule has 1 N–H and O–H groups in total. The van der Waals surface area contributed by atoms with Gasteiger partial charge >= 0.3 is 0 Å². The fourth-order valence-electron chi connectivity index (χ4n) is 2.77. The van der Waals surface area contributed by atoms with Crippen molar-refractivity contribution in [2.24, 2.45) is 5.92 Å². The molecular weight excluding hydrogens is 242 g/mol. The molecule has 1 aromatic carbocycles. The molecule has 0 radical (unpaired) electrons. The van der Waals surface area contributed by atoms with Crippen molar-refractivity contribution in [3.63, 3.8) is 0 Å². The average Bonchev–Trinajstić information content (AvgIpc) is 2.77. The second kappa shape index (κ2) is 4.78. The number of carbonyl (C=O) groups is 1. The molecule has 1 aliphatic carbocycles. The van der Waals surface area contributed by atoms with Crippen LogP contribution in [0.1, 0.15) is 41.9 Å². The summed E-state index contributed by atoms with van der Waals surface area (Å²) in [5, 5.41) is 9.49. The Bertz CT molecular complexity index is 609. The standard InChI is InChI=1S/C15H17NO3/c1-9-16-13-7-4-11(8-14(13)19-9)15(18)10-2-5-12(17)6-3-10/h4,7-8,10,12,17H,2-3,5-6H2,1H3. The monoisotopic (exact) mass is 259 g/mol. The van der Waals surface area contributed by atoms with Gasteiger partial charge in [0.15, 0.2) is 17.3 Å². The van der Waals surface area contributed by atoms with Crippen molar-refractivity contribution in [1.82, 2.24) is 4.98 Å². The van der Waals surface area contributed by atoms with Crippen molar-refractivity contribution >= 4 is 16.9 Å². The molecule has 0 amide bonds. The molecular formula is C15H17NO3. The molecule has 1 fully saturated rings. The first-order chi connectivity index (χ1) is 9.13. The van der Waals surface area contributed by atoms with Gasteiger partial charge in [0.05, 0.1) is 6.10 Å². The molecule has 0 atom stereocenters. The predicted octanol–water partition coefficient (Wildman–Crippen LogP) is 2.87. The van der Waals surface area contributed by atoms with Crippen LogP contribution < -0.4 is 0 Å². The maximum atomic E-state index is 12.4. The Hall–Kier alpha value is -1.68. The molecule has 0 spiro atoms. The van der Waals surface area contributed by atoms with Crippen LogP contribution in [0.5, 0.6) is 0 Å². The average molecular weight is 259 g/mol. The molecule has 0 bridgehead atoms. The zero-order valence-electron chi connectivity index (χ0n) is 10.9. The molecule has 0 unspecified atom stereocenters. The number of fused-ring (bicyclic) bond motifs is 1. The number of nitrogens with zero attached hydrogens (tertiary/aromatic N) is 1. The zero-order chi connectivity index (χ0) is 13.4. The lowest BCUT2D eigenvalue weighted by molar-refractivity contribution is 0.0764. The summed E-state index contributed by atoms with van der Waals surface area (Å²) in [5.74, 6) is 0.799. The van der Waals surface area contributed by atoms with E-state index in [1.165, 1.54) is 0 Å². The first-order valence-electron chi connectivity index (χ1n) is 6.73. The topological polar surface area (TPSA) is 63.3 Å². The largest absolute Gasteiger partial charge is 0.441 e. The van der Waals surface area contributed by atoms with E-state index in [0.29, 0.717) is 17.0 Å². The maximum absolute atomic E-state index is 12.4. The Kier molecular flexibility index (Phi) is 3.11. The van der Waals surface area contributed by atoms with E-state index in [0.717, 1.165) is 31.2 Å². The van der Waals surface area contributed by atoms with Gasteiger partial charge in [-0.3, -0.25) is 4.79 Å². The molecule has 0 saturated heterocycles. The molecule has 4 heteroatoms. The van der Waals surface area contributed by atoms with Gasteiger partial charge in [-0.2, -0.15) is 0 Å². The van der Waals surface area contributed by atoms with Gasteiger partial charge in [-0.15, -0.1) is 0 Å². The van der Waals surface area contributed by atoms with Crippen LogP contribution in [0, 0.1) is 12.8 Å². The van der Waals surface area contributed by atoms with E-state index in [1.54, 1.807) is 13.0 Å². The van der Waals surface area contributed by atoms with E-state index in [2.05, 4.69) is 4.98 Å². The van der Waals surface area contributed by atoms with E-state index < -0.39 is 0 Å². The molecule has 1 heterocycles. The highest BCUT2D eigenvalue weighted by atomic mass is 16.3. The second-order valence-corrected chi connectivity index (χ2v) is 5.29. The van der Waals surface area contributed by atoms with Crippen LogP contribution in [0.4, 0.5) is 0 Å². The number of aliphatic hydroxyl groups excluding tert-OH is 1. The van der Waals surface area contributed by atoms with Crippen molar-refractivity contribution in [2.75, 3.05) is 0 Å². The lowest BCUT2D eigenvalue weighted by Gasteiger charge is -2.24. The summed E-state index contributed by atoms with van der Waals surface area (Å²) < 4.78 is 5.46. The summed E-state index contributed by atoms with van der Waals surface area (Å²) >= 11 is 0. The number of aryl methyl sites for hydroxylation is 1. The third kappa shape index (κ3) is 2.40. The highest BCUT2D eigenvalue weighted by Crippen LogP contribution is 2.28. The number of oxazole rings is 1. The van der Waals surface area contributed by atoms with Gasteiger partial charge < -0.3 is 9.52 Å². The number of rotatable bonds is 2. The molecule has 2 aromatic rings. The second-order valence-electron chi connectivity index (χ2n) is 5.29. The molecule has 4 nitrogen and oxygen atoms in total. The van der Waals surface area contributed by atoms with E-state index in [4.69, 9.17) is 4.42 Å². The lowest BCUT2D eigenvalue weighted by atomic mass is 9.82. The van der Waals surface area contributed by atoms with Gasteiger partial charge in [-0.05, 0) is 43.9 Å². The molecule has 0 aliphatic heterocycles. The van der Waals surface area contributed by atoms with Gasteiger partial charge in [0.1, 0.15) is 5.52 Å². The number of carbonyl (C=O) groups excluding carboxylic acids is 1. The Morgan fingerprint density at radius 2 is 2.05 bits per heavy atom. The lowest BCUT2D eigenvalue weighted by Crippen LogP contribution is -2.24. The van der Waals surface area contributed by atoms with Crippen molar-refractivity contribution in [3.05, 3.63) is 29.7 Å². The quantitative estimate of drug-likeness (QED) is 0.842. The predicted molar refractivity (Wildman–Crippen MR) is 71.0 cm³/mol. The van der Waals surface area contributed by atoms with E-state index in [-0.39, 0.29) is 17.8 Å². The minimum absolute atomic E-state index is 0.0323. The number of hydrogen-bond donors (Lipinski definition) is 1. The third-order valence-electron chi connectivity index (χ3n) is 3.85. The van der Waals surface area contributed by atoms with Gasteiger partial charge in [-0.25, -0.2) is 4.98 Å². The van der Waals surface area contributed by atoms with E-state index >= 15 is 0 Å². The van der Waals surface area contributed by atoms with Crippen LogP contribution in [0.15, 0.2) is 22.6 Å². The summed E-state index contributed by atoms with van der Waals surface area (Å²) in [7, 11) is 0. The molecule has 1 aromatic heterocycles. The number of aromatic nitrogens is 1. The molecule has 19 heavy (non-hydrogen) atoms. The summed E-state index contributed by atoms with van der Waals surface area (Å²) in [5.41, 5.74) is 2.14. The van der Waals surface area contributed by atoms with Crippen LogP contribution >= 0.6 is 0 Å². The summed E-state index contributed by atoms with van der Waals surface area (Å²) in [4.78, 5) is 16.6. The smallest absolute Gasteiger partial charge is 0.192 e. The first kappa shape index (κ1) is 12.4. The normalized spacial score (nSPS) is 23.7. The summed E-state index contributed by atoms with van der Waals surface area (Å²) in [6.45, 7) is 1.80. The number of benzene rings is 1. The number of Topliss-reactive ketones (excluding diaryl/α,β-unsaturated/α-hetero) is 1.